The van der Waals surface area contributed by atoms with E-state index in [9.17, 15) is 4.79 Å². The third-order valence-corrected chi connectivity index (χ3v) is 4.74. The number of hydrogen-bond acceptors (Lipinski definition) is 2. The Morgan fingerprint density at radius 1 is 0.810 bits per heavy atom. The fraction of sp³-hybridized carbons (Fsp3) is 0. The van der Waals surface area contributed by atoms with Crippen molar-refractivity contribution in [3.8, 4) is 0 Å². The number of carbonyl (C=O) groups excluding carboxylic acids is 1. The van der Waals surface area contributed by atoms with E-state index in [1.807, 2.05) is 66.7 Å². The van der Waals surface area contributed by atoms with E-state index >= 15 is 0 Å². The normalized spacial score (nSPS) is 15.6. The predicted molar refractivity (Wildman–Crippen MR) is 88.6 cm³/mol. The van der Waals surface area contributed by atoms with Gasteiger partial charge in [-0.3, -0.25) is 4.79 Å². The Balaban J connectivity index is 1.86. The lowest BCUT2D eigenvalue weighted by molar-refractivity contribution is 0.104. The van der Waals surface area contributed by atoms with Gasteiger partial charge >= 0.3 is 0 Å². The van der Waals surface area contributed by atoms with Crippen molar-refractivity contribution in [1.29, 1.82) is 0 Å². The molecule has 0 radical (unpaired) electrons. The summed E-state index contributed by atoms with van der Waals surface area (Å²) in [5.41, 5.74) is 1.91. The number of benzene rings is 3. The number of Topliss-reactive ketones (excluding diaryl/α,β-unsaturated/α-hetero) is 1. The van der Waals surface area contributed by atoms with E-state index < -0.39 is 0 Å². The van der Waals surface area contributed by atoms with E-state index in [2.05, 4.69) is 6.07 Å². The van der Waals surface area contributed by atoms with Crippen LogP contribution in [0.3, 0.4) is 0 Å². The van der Waals surface area contributed by atoms with Crippen LogP contribution >= 0.6 is 11.8 Å². The van der Waals surface area contributed by atoms with Crippen LogP contribution in [0.5, 0.6) is 0 Å². The predicted octanol–water partition coefficient (Wildman–Crippen LogP) is 5.17. The number of allylic oxidation sites excluding steroid dienone is 1. The summed E-state index contributed by atoms with van der Waals surface area (Å²) < 4.78 is 0. The number of hydrogen-bond donors (Lipinski definition) is 0. The van der Waals surface area contributed by atoms with Gasteiger partial charge < -0.3 is 0 Å². The van der Waals surface area contributed by atoms with Crippen LogP contribution in [0.1, 0.15) is 15.9 Å². The number of carbonyl (C=O) groups is 1. The molecule has 0 aliphatic carbocycles. The van der Waals surface area contributed by atoms with E-state index in [0.717, 1.165) is 31.7 Å². The maximum Gasteiger partial charge on any atom is 0.201 e. The van der Waals surface area contributed by atoms with Gasteiger partial charge in [-0.2, -0.15) is 0 Å². The second-order valence-electron chi connectivity index (χ2n) is 5.01. The van der Waals surface area contributed by atoms with E-state index in [1.165, 1.54) is 0 Å². The summed E-state index contributed by atoms with van der Waals surface area (Å²) >= 11 is 1.57. The van der Waals surface area contributed by atoms with Crippen molar-refractivity contribution in [1.82, 2.24) is 0 Å². The zero-order valence-corrected chi connectivity index (χ0v) is 12.1. The van der Waals surface area contributed by atoms with Gasteiger partial charge in [0.05, 0.1) is 4.91 Å². The molecule has 1 heterocycles. The highest BCUT2D eigenvalue weighted by Crippen LogP contribution is 2.43. The highest BCUT2D eigenvalue weighted by molar-refractivity contribution is 8.04. The second kappa shape index (κ2) is 4.90. The van der Waals surface area contributed by atoms with Crippen molar-refractivity contribution in [2.24, 2.45) is 0 Å². The molecule has 3 aromatic carbocycles. The molecule has 1 aliphatic heterocycles. The minimum atomic E-state index is 0.135. The first kappa shape index (κ1) is 12.4. The molecular weight excluding hydrogens is 276 g/mol. The lowest BCUT2D eigenvalue weighted by Gasteiger charge is -2.01. The smallest absolute Gasteiger partial charge is 0.201 e. The van der Waals surface area contributed by atoms with E-state index in [-0.39, 0.29) is 5.78 Å². The average molecular weight is 288 g/mol. The molecule has 21 heavy (non-hydrogen) atoms. The maximum absolute atomic E-state index is 12.7. The third kappa shape index (κ3) is 2.08. The lowest BCUT2D eigenvalue weighted by Crippen LogP contribution is -1.95. The van der Waals surface area contributed by atoms with Gasteiger partial charge in [-0.05, 0) is 28.5 Å². The summed E-state index contributed by atoms with van der Waals surface area (Å²) in [7, 11) is 0. The number of rotatable bonds is 1. The molecule has 0 amide bonds. The molecule has 100 valence electrons. The van der Waals surface area contributed by atoms with Crippen LogP contribution in [0.15, 0.2) is 76.5 Å². The van der Waals surface area contributed by atoms with Crippen LogP contribution < -0.4 is 0 Å². The van der Waals surface area contributed by atoms with Crippen molar-refractivity contribution < 1.29 is 4.79 Å². The van der Waals surface area contributed by atoms with Crippen LogP contribution in [-0.4, -0.2) is 5.78 Å². The van der Waals surface area contributed by atoms with E-state index in [4.69, 9.17) is 0 Å². The quantitative estimate of drug-likeness (QED) is 0.575. The van der Waals surface area contributed by atoms with Gasteiger partial charge in [-0.1, -0.05) is 72.4 Å². The lowest BCUT2D eigenvalue weighted by atomic mass is 10.0. The Morgan fingerprint density at radius 2 is 1.57 bits per heavy atom. The monoisotopic (exact) mass is 288 g/mol. The molecule has 1 aliphatic rings. The summed E-state index contributed by atoms with van der Waals surface area (Å²) in [5.74, 6) is 0.135. The summed E-state index contributed by atoms with van der Waals surface area (Å²) in [5, 5.41) is 2.16. The van der Waals surface area contributed by atoms with Crippen LogP contribution in [0.2, 0.25) is 0 Å². The van der Waals surface area contributed by atoms with Crippen LogP contribution in [0.4, 0.5) is 0 Å². The van der Waals surface area contributed by atoms with Crippen molar-refractivity contribution >= 4 is 34.4 Å². The van der Waals surface area contributed by atoms with E-state index in [1.54, 1.807) is 11.8 Å². The molecule has 1 nitrogen and oxygen atoms in total. The van der Waals surface area contributed by atoms with E-state index in [0.29, 0.717) is 0 Å². The molecule has 0 unspecified atom stereocenters. The average Bonchev–Trinajstić information content (AvgIpc) is 2.85. The Kier molecular flexibility index (Phi) is 2.90. The largest absolute Gasteiger partial charge is 0.288 e. The van der Waals surface area contributed by atoms with Gasteiger partial charge in [0.1, 0.15) is 0 Å². The fourth-order valence-corrected chi connectivity index (χ4v) is 3.72. The Hall–Kier alpha value is -2.32. The molecular formula is C19H12OS. The Morgan fingerprint density at radius 3 is 2.43 bits per heavy atom. The van der Waals surface area contributed by atoms with Crippen molar-refractivity contribution in [2.45, 2.75) is 4.90 Å². The molecule has 0 aromatic heterocycles. The van der Waals surface area contributed by atoms with Gasteiger partial charge in [0.2, 0.25) is 5.78 Å². The van der Waals surface area contributed by atoms with Crippen LogP contribution in [-0.2, 0) is 0 Å². The van der Waals surface area contributed by atoms with Crippen molar-refractivity contribution in [3.63, 3.8) is 0 Å². The zero-order valence-electron chi connectivity index (χ0n) is 11.2. The van der Waals surface area contributed by atoms with Crippen molar-refractivity contribution in [3.05, 3.63) is 82.8 Å². The maximum atomic E-state index is 12.7. The summed E-state index contributed by atoms with van der Waals surface area (Å²) in [6.07, 6.45) is 1.97. The molecule has 0 fully saturated rings. The first-order valence-electron chi connectivity index (χ1n) is 6.84. The SMILES string of the molecule is O=C1/C(=C\c2ccccc2)Sc2ccc3ccccc3c21. The number of fused-ring (bicyclic) bond motifs is 3. The molecule has 0 saturated carbocycles. The number of thioether (sulfide) groups is 1. The second-order valence-corrected chi connectivity index (χ2v) is 6.09. The molecule has 0 saturated heterocycles. The Bertz CT molecular complexity index is 878. The van der Waals surface area contributed by atoms with Gasteiger partial charge in [0.15, 0.2) is 0 Å². The van der Waals surface area contributed by atoms with Crippen molar-refractivity contribution in [2.75, 3.05) is 0 Å². The van der Waals surface area contributed by atoms with Gasteiger partial charge in [-0.15, -0.1) is 0 Å². The summed E-state index contributed by atoms with van der Waals surface area (Å²) in [4.78, 5) is 14.6. The summed E-state index contributed by atoms with van der Waals surface area (Å²) in [6, 6.07) is 22.2. The highest BCUT2D eigenvalue weighted by Gasteiger charge is 2.27. The van der Waals surface area contributed by atoms with Gasteiger partial charge in [-0.25, -0.2) is 0 Å². The number of ketones is 1. The fourth-order valence-electron chi connectivity index (χ4n) is 2.65. The molecule has 0 N–H and O–H groups in total. The first-order chi connectivity index (χ1) is 10.3. The molecule has 4 rings (SSSR count). The van der Waals surface area contributed by atoms with Gasteiger partial charge in [0.25, 0.3) is 0 Å². The van der Waals surface area contributed by atoms with Crippen LogP contribution in [0.25, 0.3) is 16.8 Å². The topological polar surface area (TPSA) is 17.1 Å². The Labute approximate surface area is 127 Å². The molecule has 0 atom stereocenters. The molecule has 0 spiro atoms. The molecule has 3 aromatic rings. The first-order valence-corrected chi connectivity index (χ1v) is 7.65. The van der Waals surface area contributed by atoms with Gasteiger partial charge in [0, 0.05) is 10.5 Å². The van der Waals surface area contributed by atoms with Crippen LogP contribution in [0, 0.1) is 0 Å². The summed E-state index contributed by atoms with van der Waals surface area (Å²) in [6.45, 7) is 0. The molecule has 0 bridgehead atoms. The zero-order chi connectivity index (χ0) is 14.2. The highest BCUT2D eigenvalue weighted by atomic mass is 32.2. The third-order valence-electron chi connectivity index (χ3n) is 3.66. The standard InChI is InChI=1S/C19H12OS/c20-19-17(12-13-6-2-1-3-7-13)21-16-11-10-14-8-4-5-9-15(14)18(16)19/h1-12H/b17-12+. The molecule has 2 heteroatoms. The minimum absolute atomic E-state index is 0.135. The minimum Gasteiger partial charge on any atom is -0.288 e.